The summed E-state index contributed by atoms with van der Waals surface area (Å²) in [5, 5.41) is 20.0. The van der Waals surface area contributed by atoms with Crippen LogP contribution in [0.1, 0.15) is 0 Å². The van der Waals surface area contributed by atoms with Gasteiger partial charge in [-0.15, -0.1) is 0 Å². The Morgan fingerprint density at radius 3 is 1.85 bits per heavy atom. The number of esters is 2. The van der Waals surface area contributed by atoms with Crippen molar-refractivity contribution in [3.8, 4) is 0 Å². The summed E-state index contributed by atoms with van der Waals surface area (Å²) in [6, 6.07) is 0. The Kier molecular flexibility index (Phi) is 6.22. The van der Waals surface area contributed by atoms with Crippen molar-refractivity contribution in [2.75, 3.05) is 13.7 Å². The second-order valence-electron chi connectivity index (χ2n) is 6.35. The monoisotopic (exact) mass is 378 g/mol. The predicted molar refractivity (Wildman–Crippen MR) is 92.1 cm³/mol. The lowest BCUT2D eigenvalue weighted by Crippen LogP contribution is -2.61. The first-order valence-corrected chi connectivity index (χ1v) is 8.63. The SMILES string of the molecule is CO[C@H]1O[C@H](CO)[C@@H](O)[C@H](OC(=O)C2C=CC=C2)[C@H]1OC(=O)C1C=CC=C1. The first-order chi connectivity index (χ1) is 13.0. The van der Waals surface area contributed by atoms with Crippen molar-refractivity contribution in [3.05, 3.63) is 48.6 Å². The molecule has 27 heavy (non-hydrogen) atoms. The molecule has 5 atom stereocenters. The van der Waals surface area contributed by atoms with Gasteiger partial charge in [0.2, 0.25) is 0 Å². The third-order valence-electron chi connectivity index (χ3n) is 4.58. The Morgan fingerprint density at radius 1 is 0.926 bits per heavy atom. The second kappa shape index (κ2) is 8.62. The lowest BCUT2D eigenvalue weighted by Gasteiger charge is -2.42. The van der Waals surface area contributed by atoms with Crippen molar-refractivity contribution in [1.29, 1.82) is 0 Å². The largest absolute Gasteiger partial charge is 0.455 e. The van der Waals surface area contributed by atoms with E-state index in [1.54, 1.807) is 48.6 Å². The zero-order valence-corrected chi connectivity index (χ0v) is 14.7. The molecule has 0 saturated carbocycles. The van der Waals surface area contributed by atoms with E-state index in [0.717, 1.165) is 0 Å². The van der Waals surface area contributed by atoms with E-state index < -0.39 is 61.1 Å². The molecule has 0 aromatic rings. The highest BCUT2D eigenvalue weighted by molar-refractivity contribution is 5.79. The number of allylic oxidation sites excluding steroid dienone is 4. The summed E-state index contributed by atoms with van der Waals surface area (Å²) in [5.74, 6) is -2.37. The molecule has 0 aromatic carbocycles. The van der Waals surface area contributed by atoms with Crippen LogP contribution < -0.4 is 0 Å². The van der Waals surface area contributed by atoms with Crippen molar-refractivity contribution in [2.24, 2.45) is 11.8 Å². The smallest absolute Gasteiger partial charge is 0.317 e. The van der Waals surface area contributed by atoms with E-state index in [9.17, 15) is 19.8 Å². The number of hydrogen-bond acceptors (Lipinski definition) is 8. The van der Waals surface area contributed by atoms with Crippen LogP contribution in [0, 0.1) is 11.8 Å². The molecule has 1 heterocycles. The van der Waals surface area contributed by atoms with E-state index in [1.165, 1.54) is 7.11 Å². The topological polar surface area (TPSA) is 112 Å². The van der Waals surface area contributed by atoms with Crippen LogP contribution in [0.5, 0.6) is 0 Å². The summed E-state index contributed by atoms with van der Waals surface area (Å²) < 4.78 is 21.6. The standard InChI is InChI=1S/C19H22O8/c1-24-19-16(27-18(23)12-8-4-5-9-12)15(14(21)13(10-20)25-19)26-17(22)11-6-2-3-7-11/h2-9,11-16,19-21H,10H2,1H3/t13-,14-,15+,16-,19+/m1/s1. The van der Waals surface area contributed by atoms with Gasteiger partial charge in [-0.2, -0.15) is 0 Å². The average Bonchev–Trinajstić information content (AvgIpc) is 3.38. The van der Waals surface area contributed by atoms with Gasteiger partial charge in [-0.1, -0.05) is 48.6 Å². The molecule has 1 fully saturated rings. The van der Waals surface area contributed by atoms with Crippen molar-refractivity contribution < 1.29 is 38.7 Å². The van der Waals surface area contributed by atoms with Crippen LogP contribution in [-0.2, 0) is 28.5 Å². The molecular formula is C19H22O8. The van der Waals surface area contributed by atoms with Crippen molar-refractivity contribution >= 4 is 11.9 Å². The number of methoxy groups -OCH3 is 1. The number of aliphatic hydroxyl groups is 2. The van der Waals surface area contributed by atoms with E-state index in [0.29, 0.717) is 0 Å². The van der Waals surface area contributed by atoms with Crippen molar-refractivity contribution in [1.82, 2.24) is 0 Å². The van der Waals surface area contributed by atoms with Crippen molar-refractivity contribution in [3.63, 3.8) is 0 Å². The van der Waals surface area contributed by atoms with Crippen LogP contribution in [-0.4, -0.2) is 66.6 Å². The van der Waals surface area contributed by atoms with E-state index in [2.05, 4.69) is 0 Å². The fourth-order valence-corrected chi connectivity index (χ4v) is 3.09. The molecule has 0 aromatic heterocycles. The first-order valence-electron chi connectivity index (χ1n) is 8.63. The number of ether oxygens (including phenoxy) is 4. The van der Waals surface area contributed by atoms with Crippen LogP contribution in [0.2, 0.25) is 0 Å². The average molecular weight is 378 g/mol. The minimum absolute atomic E-state index is 0.521. The van der Waals surface area contributed by atoms with Crippen molar-refractivity contribution in [2.45, 2.75) is 30.7 Å². The molecule has 8 heteroatoms. The molecule has 3 aliphatic rings. The number of hydrogen-bond donors (Lipinski definition) is 2. The predicted octanol–water partition coefficient (Wildman–Crippen LogP) is 0.0189. The van der Waals surface area contributed by atoms with Gasteiger partial charge in [-0.3, -0.25) is 9.59 Å². The molecular weight excluding hydrogens is 356 g/mol. The highest BCUT2D eigenvalue weighted by Gasteiger charge is 2.50. The van der Waals surface area contributed by atoms with E-state index in [1.807, 2.05) is 0 Å². The number of carbonyl (C=O) groups is 2. The van der Waals surface area contributed by atoms with Gasteiger partial charge in [0.25, 0.3) is 0 Å². The van der Waals surface area contributed by atoms with Gasteiger partial charge in [0.1, 0.15) is 12.2 Å². The van der Waals surface area contributed by atoms with Crippen LogP contribution in [0.4, 0.5) is 0 Å². The zero-order valence-electron chi connectivity index (χ0n) is 14.7. The fourth-order valence-electron chi connectivity index (χ4n) is 3.09. The van der Waals surface area contributed by atoms with Crippen LogP contribution in [0.15, 0.2) is 48.6 Å². The molecule has 0 radical (unpaired) electrons. The maximum atomic E-state index is 12.4. The lowest BCUT2D eigenvalue weighted by molar-refractivity contribution is -0.301. The van der Waals surface area contributed by atoms with Crippen LogP contribution >= 0.6 is 0 Å². The van der Waals surface area contributed by atoms with Gasteiger partial charge < -0.3 is 29.2 Å². The van der Waals surface area contributed by atoms with Gasteiger partial charge in [-0.25, -0.2) is 0 Å². The molecule has 0 amide bonds. The Bertz CT molecular complexity index is 655. The molecule has 0 unspecified atom stereocenters. The van der Waals surface area contributed by atoms with E-state index >= 15 is 0 Å². The fraction of sp³-hybridized carbons (Fsp3) is 0.474. The Morgan fingerprint density at radius 2 is 1.41 bits per heavy atom. The van der Waals surface area contributed by atoms with Gasteiger partial charge in [0.05, 0.1) is 18.4 Å². The zero-order chi connectivity index (χ0) is 19.4. The van der Waals surface area contributed by atoms with Gasteiger partial charge in [-0.05, 0) is 0 Å². The van der Waals surface area contributed by atoms with E-state index in [4.69, 9.17) is 18.9 Å². The van der Waals surface area contributed by atoms with Gasteiger partial charge in [0.15, 0.2) is 18.5 Å². The summed E-state index contributed by atoms with van der Waals surface area (Å²) in [6.07, 6.45) is 7.40. The third kappa shape index (κ3) is 4.19. The minimum atomic E-state index is -1.40. The summed E-state index contributed by atoms with van der Waals surface area (Å²) in [4.78, 5) is 24.8. The number of carbonyl (C=O) groups excluding carboxylic acids is 2. The highest BCUT2D eigenvalue weighted by Crippen LogP contribution is 2.29. The molecule has 0 bridgehead atoms. The first kappa shape index (κ1) is 19.5. The summed E-state index contributed by atoms with van der Waals surface area (Å²) in [6.45, 7) is -0.521. The summed E-state index contributed by atoms with van der Waals surface area (Å²) in [5.41, 5.74) is 0. The Hall–Kier alpha value is -2.26. The van der Waals surface area contributed by atoms with Gasteiger partial charge in [0, 0.05) is 7.11 Å². The molecule has 0 spiro atoms. The normalized spacial score (nSPS) is 32.9. The Labute approximate surface area is 156 Å². The molecule has 2 N–H and O–H groups in total. The molecule has 2 aliphatic carbocycles. The molecule has 1 saturated heterocycles. The molecule has 1 aliphatic heterocycles. The highest BCUT2D eigenvalue weighted by atomic mass is 16.7. The van der Waals surface area contributed by atoms with Gasteiger partial charge >= 0.3 is 11.9 Å². The number of rotatable bonds is 6. The molecule has 146 valence electrons. The lowest BCUT2D eigenvalue weighted by atomic mass is 9.98. The summed E-state index contributed by atoms with van der Waals surface area (Å²) >= 11 is 0. The summed E-state index contributed by atoms with van der Waals surface area (Å²) in [7, 11) is 1.33. The Balaban J connectivity index is 1.79. The van der Waals surface area contributed by atoms with Crippen LogP contribution in [0.25, 0.3) is 0 Å². The van der Waals surface area contributed by atoms with Crippen LogP contribution in [0.3, 0.4) is 0 Å². The molecule has 3 rings (SSSR count). The molecule has 8 nitrogen and oxygen atoms in total. The quantitative estimate of drug-likeness (QED) is 0.622. The number of aliphatic hydroxyl groups excluding tert-OH is 2. The maximum absolute atomic E-state index is 12.4. The second-order valence-corrected chi connectivity index (χ2v) is 6.35. The minimum Gasteiger partial charge on any atom is -0.455 e. The maximum Gasteiger partial charge on any atom is 0.317 e. The van der Waals surface area contributed by atoms with E-state index in [-0.39, 0.29) is 0 Å². The third-order valence-corrected chi connectivity index (χ3v) is 4.58.